The molecule has 27 heavy (non-hydrogen) atoms. The number of nitrogens with one attached hydrogen (secondary N) is 1. The molecule has 0 amide bonds. The zero-order valence-electron chi connectivity index (χ0n) is 16.8. The van der Waals surface area contributed by atoms with Gasteiger partial charge in [0.15, 0.2) is 0 Å². The molecule has 0 saturated carbocycles. The van der Waals surface area contributed by atoms with Gasteiger partial charge < -0.3 is 10.2 Å². The van der Waals surface area contributed by atoms with Gasteiger partial charge in [0.25, 0.3) is 0 Å². The van der Waals surface area contributed by atoms with E-state index < -0.39 is 0 Å². The second kappa shape index (κ2) is 8.98. The lowest BCUT2D eigenvalue weighted by atomic mass is 9.80. The van der Waals surface area contributed by atoms with E-state index in [-0.39, 0.29) is 5.92 Å². The second-order valence-electron chi connectivity index (χ2n) is 7.34. The van der Waals surface area contributed by atoms with Crippen molar-refractivity contribution in [3.63, 3.8) is 0 Å². The first-order chi connectivity index (χ1) is 13.1. The molecule has 0 bridgehead atoms. The Morgan fingerprint density at radius 2 is 2.07 bits per heavy atom. The monoisotopic (exact) mass is 387 g/mol. The van der Waals surface area contributed by atoms with Crippen molar-refractivity contribution in [2.45, 2.75) is 27.2 Å². The van der Waals surface area contributed by atoms with Gasteiger partial charge >= 0.3 is 0 Å². The largest absolute Gasteiger partial charge is 0.357 e. The van der Waals surface area contributed by atoms with E-state index in [1.54, 1.807) is 7.05 Å². The zero-order valence-corrected chi connectivity index (χ0v) is 17.6. The molecule has 1 saturated heterocycles. The first-order valence-corrected chi connectivity index (χ1v) is 10.2. The van der Waals surface area contributed by atoms with Crippen LogP contribution in [0.25, 0.3) is 5.57 Å². The number of benzene rings is 1. The summed E-state index contributed by atoms with van der Waals surface area (Å²) >= 11 is 6.37. The molecule has 1 aromatic carbocycles. The molecule has 0 radical (unpaired) electrons. The first-order valence-electron chi connectivity index (χ1n) is 9.86. The Bertz CT molecular complexity index is 762. The summed E-state index contributed by atoms with van der Waals surface area (Å²) in [7, 11) is 1.74. The minimum absolute atomic E-state index is 0.203. The van der Waals surface area contributed by atoms with Gasteiger partial charge in [-0.05, 0) is 43.0 Å². The molecule has 2 atom stereocenters. The predicted octanol–water partition coefficient (Wildman–Crippen LogP) is 4.81. The molecule has 1 aromatic rings. The van der Waals surface area contributed by atoms with Gasteiger partial charge in [0, 0.05) is 49.7 Å². The minimum Gasteiger partial charge on any atom is -0.357 e. The molecule has 0 aliphatic carbocycles. The number of amidine groups is 1. The maximum absolute atomic E-state index is 6.37. The number of azo groups is 1. The van der Waals surface area contributed by atoms with Crippen molar-refractivity contribution in [2.24, 2.45) is 27.1 Å². The van der Waals surface area contributed by atoms with E-state index in [1.807, 2.05) is 6.07 Å². The SMILES string of the molecule is CCC(C)=C1c2cc(Cl)ccc2N=C(N2CCNCC2)C(CN=NC)C1C. The molecular weight excluding hydrogens is 358 g/mol. The van der Waals surface area contributed by atoms with Crippen LogP contribution in [0.1, 0.15) is 32.8 Å². The van der Waals surface area contributed by atoms with Crippen LogP contribution in [0.4, 0.5) is 5.69 Å². The third-order valence-corrected chi connectivity index (χ3v) is 5.96. The highest BCUT2D eigenvalue weighted by Crippen LogP contribution is 2.43. The molecule has 2 unspecified atom stereocenters. The average molecular weight is 388 g/mol. The molecule has 2 heterocycles. The topological polar surface area (TPSA) is 52.3 Å². The van der Waals surface area contributed by atoms with Gasteiger partial charge in [-0.2, -0.15) is 10.2 Å². The number of piperazine rings is 1. The Balaban J connectivity index is 2.18. The molecular formula is C21H30ClN5. The van der Waals surface area contributed by atoms with E-state index in [2.05, 4.69) is 53.3 Å². The quantitative estimate of drug-likeness (QED) is 0.757. The summed E-state index contributed by atoms with van der Waals surface area (Å²) in [5.74, 6) is 1.64. The molecule has 2 aliphatic heterocycles. The molecule has 1 fully saturated rings. The van der Waals surface area contributed by atoms with Crippen molar-refractivity contribution in [1.29, 1.82) is 0 Å². The van der Waals surface area contributed by atoms with Crippen LogP contribution in [0.5, 0.6) is 0 Å². The fraction of sp³-hybridized carbons (Fsp3) is 0.571. The number of aliphatic imine (C=N–C) groups is 1. The molecule has 5 nitrogen and oxygen atoms in total. The average Bonchev–Trinajstić information content (AvgIpc) is 2.80. The second-order valence-corrected chi connectivity index (χ2v) is 7.77. The van der Waals surface area contributed by atoms with Gasteiger partial charge in [-0.25, -0.2) is 4.99 Å². The maximum atomic E-state index is 6.37. The normalized spacial score (nSPS) is 25.2. The first kappa shape index (κ1) is 20.0. The Morgan fingerprint density at radius 3 is 2.74 bits per heavy atom. The Hall–Kier alpha value is -1.72. The van der Waals surface area contributed by atoms with Crippen LogP contribution in [-0.2, 0) is 0 Å². The van der Waals surface area contributed by atoms with Gasteiger partial charge in [0.1, 0.15) is 5.84 Å². The fourth-order valence-corrected chi connectivity index (χ4v) is 4.29. The smallest absolute Gasteiger partial charge is 0.111 e. The van der Waals surface area contributed by atoms with Crippen molar-refractivity contribution >= 4 is 28.7 Å². The van der Waals surface area contributed by atoms with Crippen LogP contribution in [-0.4, -0.2) is 50.5 Å². The van der Waals surface area contributed by atoms with Crippen molar-refractivity contribution in [1.82, 2.24) is 10.2 Å². The van der Waals surface area contributed by atoms with E-state index >= 15 is 0 Å². The Kier molecular flexibility index (Phi) is 6.66. The number of hydrogen-bond donors (Lipinski definition) is 1. The lowest BCUT2D eigenvalue weighted by molar-refractivity contribution is 0.332. The van der Waals surface area contributed by atoms with E-state index in [4.69, 9.17) is 16.6 Å². The number of rotatable bonds is 3. The van der Waals surface area contributed by atoms with Crippen LogP contribution >= 0.6 is 11.6 Å². The molecule has 0 aromatic heterocycles. The van der Waals surface area contributed by atoms with Gasteiger partial charge in [-0.1, -0.05) is 31.0 Å². The summed E-state index contributed by atoms with van der Waals surface area (Å²) in [5, 5.41) is 12.6. The number of halogens is 1. The van der Waals surface area contributed by atoms with Gasteiger partial charge in [-0.15, -0.1) is 0 Å². The molecule has 6 heteroatoms. The van der Waals surface area contributed by atoms with Crippen LogP contribution in [0.2, 0.25) is 5.02 Å². The van der Waals surface area contributed by atoms with Crippen molar-refractivity contribution in [2.75, 3.05) is 39.8 Å². The summed E-state index contributed by atoms with van der Waals surface area (Å²) in [6.45, 7) is 11.3. The highest BCUT2D eigenvalue weighted by molar-refractivity contribution is 6.30. The van der Waals surface area contributed by atoms with Gasteiger partial charge in [0.2, 0.25) is 0 Å². The number of nitrogens with zero attached hydrogens (tertiary/aromatic N) is 4. The Morgan fingerprint density at radius 1 is 1.33 bits per heavy atom. The van der Waals surface area contributed by atoms with Crippen LogP contribution in [0.15, 0.2) is 39.0 Å². The van der Waals surface area contributed by atoms with Crippen molar-refractivity contribution in [3.05, 3.63) is 34.4 Å². The summed E-state index contributed by atoms with van der Waals surface area (Å²) in [6, 6.07) is 6.07. The van der Waals surface area contributed by atoms with E-state index in [9.17, 15) is 0 Å². The lowest BCUT2D eigenvalue weighted by Gasteiger charge is -2.35. The van der Waals surface area contributed by atoms with Crippen molar-refractivity contribution < 1.29 is 0 Å². The fourth-order valence-electron chi connectivity index (χ4n) is 4.12. The predicted molar refractivity (Wildman–Crippen MR) is 114 cm³/mol. The van der Waals surface area contributed by atoms with E-state index in [1.165, 1.54) is 11.1 Å². The number of allylic oxidation sites excluding steroid dienone is 2. The molecule has 146 valence electrons. The summed E-state index contributed by atoms with van der Waals surface area (Å²) in [6.07, 6.45) is 1.01. The maximum Gasteiger partial charge on any atom is 0.111 e. The number of hydrogen-bond acceptors (Lipinski definition) is 5. The molecule has 3 rings (SSSR count). The number of fused-ring (bicyclic) bond motifs is 1. The molecule has 1 N–H and O–H groups in total. The summed E-state index contributed by atoms with van der Waals surface area (Å²) in [4.78, 5) is 7.60. The Labute approximate surface area is 167 Å². The van der Waals surface area contributed by atoms with Gasteiger partial charge in [-0.3, -0.25) is 0 Å². The third-order valence-electron chi connectivity index (χ3n) is 5.73. The standard InChI is InChI=1S/C21H30ClN5/c1-5-14(2)20-15(3)18(13-25-23-4)21(27-10-8-24-9-11-27)26-19-7-6-16(22)12-17(19)20/h6-7,12,15,18,24H,5,8-11,13H2,1-4H3. The van der Waals surface area contributed by atoms with E-state index in [0.29, 0.717) is 12.5 Å². The van der Waals surface area contributed by atoms with E-state index in [0.717, 1.165) is 54.7 Å². The zero-order chi connectivity index (χ0) is 19.4. The summed E-state index contributed by atoms with van der Waals surface area (Å²) in [5.41, 5.74) is 4.93. The molecule has 2 aliphatic rings. The van der Waals surface area contributed by atoms with Crippen molar-refractivity contribution in [3.8, 4) is 0 Å². The summed E-state index contributed by atoms with van der Waals surface area (Å²) < 4.78 is 0. The minimum atomic E-state index is 0.203. The highest BCUT2D eigenvalue weighted by Gasteiger charge is 2.34. The van der Waals surface area contributed by atoms with Crippen LogP contribution in [0, 0.1) is 11.8 Å². The lowest BCUT2D eigenvalue weighted by Crippen LogP contribution is -2.49. The van der Waals surface area contributed by atoms with Crippen LogP contribution in [0.3, 0.4) is 0 Å². The highest BCUT2D eigenvalue weighted by atomic mass is 35.5. The van der Waals surface area contributed by atoms with Gasteiger partial charge in [0.05, 0.1) is 12.2 Å². The molecule has 0 spiro atoms. The van der Waals surface area contributed by atoms with Crippen LogP contribution < -0.4 is 5.32 Å². The third kappa shape index (κ3) is 4.25.